The van der Waals surface area contributed by atoms with E-state index in [2.05, 4.69) is 48.5 Å². The van der Waals surface area contributed by atoms with E-state index >= 15 is 0 Å². The van der Waals surface area contributed by atoms with Crippen LogP contribution in [0.25, 0.3) is 10.8 Å². The van der Waals surface area contributed by atoms with Crippen molar-refractivity contribution < 1.29 is 4.57 Å². The second-order valence-corrected chi connectivity index (χ2v) is 10.3. The van der Waals surface area contributed by atoms with E-state index < -0.39 is 7.14 Å². The van der Waals surface area contributed by atoms with Gasteiger partial charge in [0.1, 0.15) is 0 Å². The second-order valence-electron chi connectivity index (χ2n) is 6.55. The third-order valence-corrected chi connectivity index (χ3v) is 2.99. The summed E-state index contributed by atoms with van der Waals surface area (Å²) in [6.45, 7) is 21.2. The van der Waals surface area contributed by atoms with E-state index in [1.165, 1.54) is 10.8 Å². The third kappa shape index (κ3) is 36.1. The third-order valence-electron chi connectivity index (χ3n) is 2.99. The number of benzene rings is 4. The Bertz CT molecular complexity index is 725. The Labute approximate surface area is 219 Å². The van der Waals surface area contributed by atoms with Gasteiger partial charge in [-0.3, -0.25) is 0 Å². The van der Waals surface area contributed by atoms with Gasteiger partial charge in [-0.1, -0.05) is 177 Å². The van der Waals surface area contributed by atoms with Gasteiger partial charge in [-0.2, -0.15) is 0 Å². The van der Waals surface area contributed by atoms with Gasteiger partial charge in [0.05, 0.1) is 7.14 Å². The van der Waals surface area contributed by atoms with E-state index in [-0.39, 0.29) is 0 Å². The molecule has 0 atom stereocenters. The van der Waals surface area contributed by atoms with Crippen LogP contribution in [0.4, 0.5) is 0 Å². The Balaban J connectivity index is -0.000000172. The van der Waals surface area contributed by atoms with Gasteiger partial charge in [0.25, 0.3) is 0 Å². The molecule has 0 aliphatic heterocycles. The molecule has 35 heavy (non-hydrogen) atoms. The number of hydrogen-bond donors (Lipinski definition) is 0. The SMILES string of the molecule is CC.CC.CC.CC.CP(C)(C)=O.c1ccc2ccccc2c1.c1ccccc1.c1ccccc1. The summed E-state index contributed by atoms with van der Waals surface area (Å²) in [5.74, 6) is 0. The molecule has 0 amide bonds. The van der Waals surface area contributed by atoms with E-state index in [4.69, 9.17) is 0 Å². The summed E-state index contributed by atoms with van der Waals surface area (Å²) in [4.78, 5) is 0. The molecule has 0 saturated carbocycles. The second kappa shape index (κ2) is 33.5. The van der Waals surface area contributed by atoms with Crippen molar-refractivity contribution in [2.45, 2.75) is 55.4 Å². The first-order valence-electron chi connectivity index (χ1n) is 12.9. The van der Waals surface area contributed by atoms with Gasteiger partial charge in [-0.15, -0.1) is 0 Å². The summed E-state index contributed by atoms with van der Waals surface area (Å²) in [7, 11) is -1.64. The molecule has 1 nitrogen and oxygen atoms in total. The summed E-state index contributed by atoms with van der Waals surface area (Å²) >= 11 is 0. The van der Waals surface area contributed by atoms with Gasteiger partial charge in [-0.25, -0.2) is 0 Å². The largest absolute Gasteiger partial charge is 0.324 e. The average Bonchev–Trinajstić information content (AvgIpc) is 2.95. The first-order chi connectivity index (χ1) is 17.0. The molecule has 2 heteroatoms. The van der Waals surface area contributed by atoms with Crippen LogP contribution in [0, 0.1) is 0 Å². The maximum Gasteiger partial charge on any atom is 0.0790 e. The molecule has 0 aliphatic rings. The zero-order valence-electron chi connectivity index (χ0n) is 24.4. The lowest BCUT2D eigenvalue weighted by molar-refractivity contribution is 0.586. The number of fused-ring (bicyclic) bond motifs is 1. The highest BCUT2D eigenvalue weighted by atomic mass is 31.2. The quantitative estimate of drug-likeness (QED) is 0.221. The molecule has 4 rings (SSSR count). The average molecular weight is 497 g/mol. The lowest BCUT2D eigenvalue weighted by Crippen LogP contribution is -1.67. The van der Waals surface area contributed by atoms with E-state index in [0.29, 0.717) is 0 Å². The highest BCUT2D eigenvalue weighted by Crippen LogP contribution is 2.28. The fourth-order valence-electron chi connectivity index (χ4n) is 1.90. The van der Waals surface area contributed by atoms with Crippen molar-refractivity contribution in [2.75, 3.05) is 20.0 Å². The normalized spacial score (nSPS) is 7.97. The van der Waals surface area contributed by atoms with Gasteiger partial charge in [-0.05, 0) is 30.8 Å². The Morgan fingerprint density at radius 3 is 0.571 bits per heavy atom. The van der Waals surface area contributed by atoms with Crippen molar-refractivity contribution in [3.05, 3.63) is 121 Å². The molecule has 4 aromatic rings. The highest BCUT2D eigenvalue weighted by Gasteiger charge is 1.89. The fraction of sp³-hybridized carbons (Fsp3) is 0.333. The molecule has 196 valence electrons. The highest BCUT2D eigenvalue weighted by molar-refractivity contribution is 7.61. The lowest BCUT2D eigenvalue weighted by atomic mass is 10.1. The molecule has 0 unspecified atom stereocenters. The Morgan fingerprint density at radius 1 is 0.343 bits per heavy atom. The molecule has 0 heterocycles. The standard InChI is InChI=1S/C10H8.2C6H6.C3H9OP.4C2H6/c1-2-6-10-8-4-3-7-9(10)5-1;2*1-2-4-6-5-3-1;1-5(2,3)4;4*1-2/h1-8H;2*1-6H;1-3H3;4*1-2H3. The molecular weight excluding hydrogens is 443 g/mol. The first kappa shape index (κ1) is 39.6. The molecule has 0 fully saturated rings. The molecule has 0 aliphatic carbocycles. The van der Waals surface area contributed by atoms with Gasteiger partial charge < -0.3 is 4.57 Å². The van der Waals surface area contributed by atoms with Crippen LogP contribution in [0.1, 0.15) is 55.4 Å². The maximum absolute atomic E-state index is 10.2. The van der Waals surface area contributed by atoms with Crippen LogP contribution in [-0.2, 0) is 4.57 Å². The van der Waals surface area contributed by atoms with Crippen molar-refractivity contribution in [2.24, 2.45) is 0 Å². The zero-order chi connectivity index (χ0) is 27.8. The molecule has 0 radical (unpaired) electrons. The summed E-state index contributed by atoms with van der Waals surface area (Å²) in [5, 5.41) is 2.62. The number of rotatable bonds is 0. The van der Waals surface area contributed by atoms with E-state index in [0.717, 1.165) is 0 Å². The Morgan fingerprint density at radius 2 is 0.457 bits per heavy atom. The van der Waals surface area contributed by atoms with Gasteiger partial charge >= 0.3 is 0 Å². The van der Waals surface area contributed by atoms with E-state index in [1.807, 2.05) is 128 Å². The molecular formula is C33H53OP. The smallest absolute Gasteiger partial charge is 0.0790 e. The lowest BCUT2D eigenvalue weighted by Gasteiger charge is -1.92. The molecule has 0 N–H and O–H groups in total. The van der Waals surface area contributed by atoms with Crippen molar-refractivity contribution in [1.29, 1.82) is 0 Å². The van der Waals surface area contributed by atoms with Crippen LogP contribution in [0.5, 0.6) is 0 Å². The van der Waals surface area contributed by atoms with Crippen LogP contribution in [0.3, 0.4) is 0 Å². The van der Waals surface area contributed by atoms with Crippen LogP contribution in [0.15, 0.2) is 121 Å². The zero-order valence-corrected chi connectivity index (χ0v) is 25.3. The summed E-state index contributed by atoms with van der Waals surface area (Å²) in [5.41, 5.74) is 0. The fourth-order valence-corrected chi connectivity index (χ4v) is 1.90. The Hall–Kier alpha value is -2.63. The Kier molecular flexibility index (Phi) is 37.9. The number of hydrogen-bond acceptors (Lipinski definition) is 1. The minimum Gasteiger partial charge on any atom is -0.324 e. The molecule has 0 bridgehead atoms. The van der Waals surface area contributed by atoms with E-state index in [1.54, 1.807) is 20.0 Å². The van der Waals surface area contributed by atoms with Gasteiger partial charge in [0, 0.05) is 0 Å². The topological polar surface area (TPSA) is 17.1 Å². The monoisotopic (exact) mass is 496 g/mol. The van der Waals surface area contributed by atoms with Crippen LogP contribution in [0.2, 0.25) is 0 Å². The molecule has 0 spiro atoms. The predicted molar refractivity (Wildman–Crippen MR) is 168 cm³/mol. The van der Waals surface area contributed by atoms with Crippen molar-refractivity contribution in [3.63, 3.8) is 0 Å². The molecule has 0 saturated heterocycles. The molecule has 0 aromatic heterocycles. The predicted octanol–water partition coefficient (Wildman–Crippen LogP) is 11.6. The van der Waals surface area contributed by atoms with Gasteiger partial charge in [0.2, 0.25) is 0 Å². The summed E-state index contributed by atoms with van der Waals surface area (Å²) in [6.07, 6.45) is 0. The minimum atomic E-state index is -1.64. The van der Waals surface area contributed by atoms with Crippen molar-refractivity contribution >= 4 is 17.9 Å². The van der Waals surface area contributed by atoms with Crippen LogP contribution in [-0.4, -0.2) is 20.0 Å². The van der Waals surface area contributed by atoms with Crippen LogP contribution >= 0.6 is 7.14 Å². The van der Waals surface area contributed by atoms with Crippen molar-refractivity contribution in [3.8, 4) is 0 Å². The summed E-state index contributed by atoms with van der Waals surface area (Å²) < 4.78 is 10.2. The molecule has 4 aromatic carbocycles. The summed E-state index contributed by atoms with van der Waals surface area (Å²) in [6, 6.07) is 40.7. The van der Waals surface area contributed by atoms with Crippen LogP contribution < -0.4 is 0 Å². The van der Waals surface area contributed by atoms with E-state index in [9.17, 15) is 4.57 Å². The van der Waals surface area contributed by atoms with Gasteiger partial charge in [0.15, 0.2) is 0 Å². The van der Waals surface area contributed by atoms with Crippen molar-refractivity contribution in [1.82, 2.24) is 0 Å². The first-order valence-corrected chi connectivity index (χ1v) is 16.0. The minimum absolute atomic E-state index is 1.31. The maximum atomic E-state index is 10.2.